The van der Waals surface area contributed by atoms with Gasteiger partial charge in [-0.15, -0.1) is 0 Å². The summed E-state index contributed by atoms with van der Waals surface area (Å²) in [5.41, 5.74) is -2.30. The Hall–Kier alpha value is -8.88. The van der Waals surface area contributed by atoms with E-state index in [1.54, 1.807) is 101 Å². The van der Waals surface area contributed by atoms with E-state index in [1.165, 1.54) is 24.3 Å². The van der Waals surface area contributed by atoms with Gasteiger partial charge >= 0.3 is 12.1 Å². The van der Waals surface area contributed by atoms with Gasteiger partial charge < -0.3 is 14.5 Å². The van der Waals surface area contributed by atoms with Crippen LogP contribution in [0.25, 0.3) is 11.1 Å². The second-order valence-electron chi connectivity index (χ2n) is 16.8. The summed E-state index contributed by atoms with van der Waals surface area (Å²) in [5, 5.41) is 16.6. The molecule has 0 aliphatic carbocycles. The zero-order chi connectivity index (χ0) is 48.6. The lowest BCUT2D eigenvalue weighted by atomic mass is 9.82. The molecule has 10 rings (SSSR count). The lowest BCUT2D eigenvalue weighted by Gasteiger charge is -2.53. The maximum Gasteiger partial charge on any atom is 0.350 e. The number of hydrogen-bond acceptors (Lipinski definition) is 15. The van der Waals surface area contributed by atoms with E-state index in [0.717, 1.165) is 11.1 Å². The zero-order valence-electron chi connectivity index (χ0n) is 37.3. The van der Waals surface area contributed by atoms with E-state index in [1.807, 2.05) is 46.2 Å². The first-order valence-electron chi connectivity index (χ1n) is 22.4. The van der Waals surface area contributed by atoms with Gasteiger partial charge in [0.1, 0.15) is 11.5 Å². The highest BCUT2D eigenvalue weighted by Crippen LogP contribution is 2.41. The van der Waals surface area contributed by atoms with E-state index in [-0.39, 0.29) is 69.2 Å². The number of nitro benzene ring substituents is 1. The zero-order valence-corrected chi connectivity index (χ0v) is 37.3. The second kappa shape index (κ2) is 18.3. The molecular formula is C50H43N11O9. The lowest BCUT2D eigenvalue weighted by molar-refractivity contribution is -0.384. The Morgan fingerprint density at radius 2 is 0.943 bits per heavy atom. The van der Waals surface area contributed by atoms with Gasteiger partial charge in [-0.1, -0.05) is 84.9 Å². The van der Waals surface area contributed by atoms with Crippen molar-refractivity contribution < 1.29 is 38.4 Å². The fourth-order valence-electron chi connectivity index (χ4n) is 9.67. The summed E-state index contributed by atoms with van der Waals surface area (Å²) in [6.07, 6.45) is 3.19. The topological polar surface area (TPSA) is 224 Å². The monoisotopic (exact) mass is 941 g/mol. The van der Waals surface area contributed by atoms with E-state index in [4.69, 9.17) is 4.74 Å². The summed E-state index contributed by atoms with van der Waals surface area (Å²) >= 11 is 0. The number of carbonyl (C=O) groups is 6. The third kappa shape index (κ3) is 7.69. The van der Waals surface area contributed by atoms with E-state index in [9.17, 15) is 29.3 Å². The molecule has 4 saturated heterocycles. The van der Waals surface area contributed by atoms with E-state index in [0.29, 0.717) is 33.2 Å². The number of anilines is 2. The molecule has 6 aromatic rings. The molecule has 0 radical (unpaired) electrons. The fraction of sp³-hybridized carbons (Fsp3) is 0.200. The van der Waals surface area contributed by atoms with Gasteiger partial charge in [0.2, 0.25) is 17.0 Å². The van der Waals surface area contributed by atoms with Crippen molar-refractivity contribution in [2.24, 2.45) is 0 Å². The predicted molar refractivity (Wildman–Crippen MR) is 252 cm³/mol. The summed E-state index contributed by atoms with van der Waals surface area (Å²) in [6, 6.07) is 36.1. The predicted octanol–water partition coefficient (Wildman–Crippen LogP) is 4.65. The minimum absolute atomic E-state index is 0.0357. The maximum atomic E-state index is 15.8. The SMILES string of the molecule is O=C1NC(=O)C(c2ccc(-c3ccccc3)cc2)(N2CCN(c3ccc([N+](=O)[O-])cc3)CC2)C(=O)N1N1C(=O)NC(=O)C(c2ccc(Oc3ccccc3)cc2)(N2CCN(c3ncccn3)CC2)C1=O. The average Bonchev–Trinajstić information content (AvgIpc) is 3.39. The number of nitro groups is 1. The van der Waals surface area contributed by atoms with Crippen LogP contribution in [0.15, 0.2) is 152 Å². The molecule has 0 saturated carbocycles. The molecule has 0 spiro atoms. The van der Waals surface area contributed by atoms with Crippen LogP contribution in [0.4, 0.5) is 26.9 Å². The molecule has 2 atom stereocenters. The number of aromatic nitrogens is 2. The van der Waals surface area contributed by atoms with Gasteiger partial charge in [-0.3, -0.25) is 49.7 Å². The Balaban J connectivity index is 1.05. The minimum atomic E-state index is -2.36. The van der Waals surface area contributed by atoms with Crippen molar-refractivity contribution in [2.75, 3.05) is 62.2 Å². The Morgan fingerprint density at radius 1 is 0.500 bits per heavy atom. The van der Waals surface area contributed by atoms with Gasteiger partial charge in [-0.25, -0.2) is 19.6 Å². The van der Waals surface area contributed by atoms with Crippen molar-refractivity contribution in [3.63, 3.8) is 0 Å². The van der Waals surface area contributed by atoms with Crippen molar-refractivity contribution in [1.82, 2.24) is 40.4 Å². The number of carbonyl (C=O) groups excluding carboxylic acids is 6. The first-order chi connectivity index (χ1) is 34.0. The number of para-hydroxylation sites is 1. The van der Waals surface area contributed by atoms with Crippen LogP contribution in [0, 0.1) is 10.1 Å². The van der Waals surface area contributed by atoms with Crippen LogP contribution in [0.5, 0.6) is 11.5 Å². The molecule has 0 bridgehead atoms. The summed E-state index contributed by atoms with van der Waals surface area (Å²) in [7, 11) is 0. The van der Waals surface area contributed by atoms with Crippen LogP contribution in [-0.4, -0.2) is 123 Å². The molecule has 70 heavy (non-hydrogen) atoms. The Kier molecular flexibility index (Phi) is 11.8. The van der Waals surface area contributed by atoms with Crippen LogP contribution < -0.4 is 25.2 Å². The maximum absolute atomic E-state index is 15.8. The molecule has 1 aromatic heterocycles. The molecule has 4 fully saturated rings. The molecule has 8 amide bonds. The van der Waals surface area contributed by atoms with Gasteiger partial charge in [0.05, 0.1) is 4.92 Å². The molecular weight excluding hydrogens is 899 g/mol. The van der Waals surface area contributed by atoms with E-state index in [2.05, 4.69) is 20.6 Å². The van der Waals surface area contributed by atoms with Gasteiger partial charge in [-0.05, 0) is 64.7 Å². The average molecular weight is 942 g/mol. The number of barbiturate groups is 2. The van der Waals surface area contributed by atoms with Gasteiger partial charge in [-0.2, -0.15) is 10.0 Å². The number of nitrogens with zero attached hydrogens (tertiary/aromatic N) is 9. The number of piperazine rings is 2. The first kappa shape index (κ1) is 44.9. The number of urea groups is 2. The molecule has 2 unspecified atom stereocenters. The molecule has 20 heteroatoms. The molecule has 2 N–H and O–H groups in total. The first-order valence-corrected chi connectivity index (χ1v) is 22.4. The highest BCUT2D eigenvalue weighted by Gasteiger charge is 2.66. The standard InChI is InChI=1S/C50H43N11O9/c62-42-49(36-14-12-35(13-15-36)34-8-3-1-4-9-34,57-30-26-55(27-31-57)38-18-20-39(21-19-38)61(68)69)44(64)59(47(66)53-42)60-45(65)50(43(63)54-48(60)67,58-32-28-56(29-33-58)46-51-24-7-25-52-46)37-16-22-41(23-17-37)70-40-10-5-2-6-11-40/h1-25H,26-33H2,(H,53,62,66)(H,54,63,67). The number of rotatable bonds is 11. The Morgan fingerprint density at radius 3 is 1.44 bits per heavy atom. The summed E-state index contributed by atoms with van der Waals surface area (Å²) in [4.78, 5) is 116. The highest BCUT2D eigenvalue weighted by atomic mass is 16.6. The van der Waals surface area contributed by atoms with Crippen LogP contribution >= 0.6 is 0 Å². The number of hydrazine groups is 1. The van der Waals surface area contributed by atoms with Crippen LogP contribution in [0.1, 0.15) is 11.1 Å². The lowest BCUT2D eigenvalue weighted by Crippen LogP contribution is -2.81. The number of ether oxygens (including phenoxy) is 1. The second-order valence-corrected chi connectivity index (χ2v) is 16.8. The quantitative estimate of drug-likeness (QED) is 0.103. The van der Waals surface area contributed by atoms with Crippen LogP contribution in [0.3, 0.4) is 0 Å². The van der Waals surface area contributed by atoms with E-state index >= 15 is 9.59 Å². The van der Waals surface area contributed by atoms with Gasteiger partial charge in [0.25, 0.3) is 29.3 Å². The van der Waals surface area contributed by atoms with E-state index < -0.39 is 51.7 Å². The van der Waals surface area contributed by atoms with Crippen molar-refractivity contribution in [3.8, 4) is 22.6 Å². The number of imide groups is 4. The third-order valence-electron chi connectivity index (χ3n) is 13.1. The minimum Gasteiger partial charge on any atom is -0.457 e. The third-order valence-corrected chi connectivity index (χ3v) is 13.1. The summed E-state index contributed by atoms with van der Waals surface area (Å²) < 4.78 is 6.03. The molecule has 4 aliphatic heterocycles. The van der Waals surface area contributed by atoms with Gasteiger partial charge in [0, 0.05) is 82.6 Å². The normalized spacial score (nSPS) is 21.4. The highest BCUT2D eigenvalue weighted by molar-refractivity contribution is 6.27. The smallest absolute Gasteiger partial charge is 0.350 e. The number of benzene rings is 5. The molecule has 352 valence electrons. The number of hydrogen-bond donors (Lipinski definition) is 2. The van der Waals surface area contributed by atoms with Crippen LogP contribution in [0.2, 0.25) is 0 Å². The van der Waals surface area contributed by atoms with Crippen molar-refractivity contribution >= 4 is 53.0 Å². The summed E-state index contributed by atoms with van der Waals surface area (Å²) in [6.45, 7) is 1.10. The number of amides is 8. The van der Waals surface area contributed by atoms with Crippen molar-refractivity contribution in [2.45, 2.75) is 11.1 Å². The Bertz CT molecular complexity index is 2990. The van der Waals surface area contributed by atoms with Crippen molar-refractivity contribution in [3.05, 3.63) is 173 Å². The largest absolute Gasteiger partial charge is 0.457 e. The number of non-ortho nitro benzene ring substituents is 1. The molecule has 5 heterocycles. The fourth-order valence-corrected chi connectivity index (χ4v) is 9.67. The number of nitrogens with one attached hydrogen (secondary N) is 2. The Labute approximate surface area is 399 Å². The molecule has 5 aromatic carbocycles. The molecule has 4 aliphatic rings. The molecule has 20 nitrogen and oxygen atoms in total. The van der Waals surface area contributed by atoms with Crippen molar-refractivity contribution in [1.29, 1.82) is 0 Å². The van der Waals surface area contributed by atoms with Gasteiger partial charge in [0.15, 0.2) is 0 Å². The summed E-state index contributed by atoms with van der Waals surface area (Å²) in [5.74, 6) is -3.19. The van der Waals surface area contributed by atoms with Crippen LogP contribution in [-0.2, 0) is 30.3 Å².